The highest BCUT2D eigenvalue weighted by molar-refractivity contribution is 6.36. The van der Waals surface area contributed by atoms with Gasteiger partial charge in [0.05, 0.1) is 21.8 Å². The van der Waals surface area contributed by atoms with Crippen LogP contribution in [0.2, 0.25) is 20.1 Å². The van der Waals surface area contributed by atoms with Crippen LogP contribution in [0.15, 0.2) is 30.3 Å². The lowest BCUT2D eigenvalue weighted by molar-refractivity contribution is 0.240. The molecule has 2 aromatic rings. The molecule has 0 fully saturated rings. The van der Waals surface area contributed by atoms with Gasteiger partial charge in [-0.15, -0.1) is 0 Å². The first-order valence-corrected chi connectivity index (χ1v) is 8.21. The second-order valence-corrected chi connectivity index (χ2v) is 6.71. The van der Waals surface area contributed by atoms with Crippen LogP contribution < -0.4 is 10.1 Å². The molecule has 0 atom stereocenters. The highest BCUT2D eigenvalue weighted by atomic mass is 35.5. The Morgan fingerprint density at radius 2 is 1.68 bits per heavy atom. The summed E-state index contributed by atoms with van der Waals surface area (Å²) < 4.78 is 5.78. The number of hydrogen-bond donors (Lipinski definition) is 1. The molecule has 1 N–H and O–H groups in total. The van der Waals surface area contributed by atoms with E-state index in [1.807, 2.05) is 19.9 Å². The predicted octanol–water partition coefficient (Wildman–Crippen LogP) is 6.70. The maximum atomic E-state index is 6.23. The molecule has 0 spiro atoms. The van der Waals surface area contributed by atoms with Crippen molar-refractivity contribution in [2.24, 2.45) is 0 Å². The van der Waals surface area contributed by atoms with Crippen LogP contribution in [-0.4, -0.2) is 6.10 Å². The molecule has 0 saturated heterocycles. The normalized spacial score (nSPS) is 10.9. The molecule has 0 heterocycles. The molecule has 2 rings (SSSR count). The minimum atomic E-state index is 0.00665. The highest BCUT2D eigenvalue weighted by Gasteiger charge is 2.13. The zero-order valence-corrected chi connectivity index (χ0v) is 15.1. The minimum absolute atomic E-state index is 0.00665. The van der Waals surface area contributed by atoms with Crippen molar-refractivity contribution in [3.8, 4) is 5.75 Å². The number of hydrogen-bond acceptors (Lipinski definition) is 2. The third-order valence-corrected chi connectivity index (χ3v) is 3.90. The van der Waals surface area contributed by atoms with Crippen LogP contribution in [-0.2, 0) is 6.54 Å². The lowest BCUT2D eigenvalue weighted by atomic mass is 10.2. The van der Waals surface area contributed by atoms with E-state index in [-0.39, 0.29) is 6.10 Å². The molecule has 0 saturated carbocycles. The second-order valence-electron chi connectivity index (χ2n) is 5.02. The summed E-state index contributed by atoms with van der Waals surface area (Å²) in [7, 11) is 0. The van der Waals surface area contributed by atoms with Gasteiger partial charge in [-0.25, -0.2) is 0 Å². The molecule has 22 heavy (non-hydrogen) atoms. The predicted molar refractivity (Wildman–Crippen MR) is 96.0 cm³/mol. The van der Waals surface area contributed by atoms with E-state index in [0.717, 1.165) is 11.3 Å². The van der Waals surface area contributed by atoms with Gasteiger partial charge in [0.2, 0.25) is 0 Å². The number of ether oxygens (including phenoxy) is 1. The van der Waals surface area contributed by atoms with E-state index in [9.17, 15) is 0 Å². The first-order valence-electron chi connectivity index (χ1n) is 6.70. The van der Waals surface area contributed by atoms with Crippen LogP contribution in [0.3, 0.4) is 0 Å². The van der Waals surface area contributed by atoms with Crippen molar-refractivity contribution < 1.29 is 4.74 Å². The fraction of sp³-hybridized carbons (Fsp3) is 0.250. The monoisotopic (exact) mass is 377 g/mol. The second kappa shape index (κ2) is 7.65. The van der Waals surface area contributed by atoms with E-state index in [0.29, 0.717) is 32.4 Å². The number of halogens is 4. The smallest absolute Gasteiger partial charge is 0.143 e. The van der Waals surface area contributed by atoms with Gasteiger partial charge in [0.1, 0.15) is 5.75 Å². The number of rotatable bonds is 5. The lowest BCUT2D eigenvalue weighted by Crippen LogP contribution is -2.10. The van der Waals surface area contributed by atoms with Gasteiger partial charge in [0.25, 0.3) is 0 Å². The van der Waals surface area contributed by atoms with Crippen LogP contribution in [0, 0.1) is 0 Å². The Morgan fingerprint density at radius 3 is 2.36 bits per heavy atom. The van der Waals surface area contributed by atoms with Gasteiger partial charge < -0.3 is 10.1 Å². The molecule has 2 nitrogen and oxygen atoms in total. The molecule has 0 bridgehead atoms. The largest absolute Gasteiger partial charge is 0.489 e. The molecule has 0 aliphatic rings. The topological polar surface area (TPSA) is 21.3 Å². The fourth-order valence-corrected chi connectivity index (χ4v) is 2.87. The maximum Gasteiger partial charge on any atom is 0.143 e. The Hall–Kier alpha value is -0.800. The third kappa shape index (κ3) is 4.60. The summed E-state index contributed by atoms with van der Waals surface area (Å²) in [6.07, 6.45) is 0.00665. The van der Waals surface area contributed by atoms with E-state index in [1.54, 1.807) is 24.3 Å². The van der Waals surface area contributed by atoms with E-state index >= 15 is 0 Å². The Labute approximate surface area is 150 Å². The summed E-state index contributed by atoms with van der Waals surface area (Å²) >= 11 is 24.4. The van der Waals surface area contributed by atoms with Gasteiger partial charge in [-0.2, -0.15) is 0 Å². The minimum Gasteiger partial charge on any atom is -0.489 e. The Kier molecular flexibility index (Phi) is 6.10. The Morgan fingerprint density at radius 1 is 0.955 bits per heavy atom. The van der Waals surface area contributed by atoms with E-state index < -0.39 is 0 Å². The molecular weight excluding hydrogens is 364 g/mol. The summed E-state index contributed by atoms with van der Waals surface area (Å²) in [6.45, 7) is 4.34. The Bertz CT molecular complexity index is 673. The van der Waals surface area contributed by atoms with Gasteiger partial charge in [-0.05, 0) is 44.2 Å². The first-order chi connectivity index (χ1) is 10.4. The van der Waals surface area contributed by atoms with Crippen molar-refractivity contribution in [1.82, 2.24) is 0 Å². The lowest BCUT2D eigenvalue weighted by Gasteiger charge is -2.17. The zero-order valence-electron chi connectivity index (χ0n) is 12.1. The first kappa shape index (κ1) is 17.6. The van der Waals surface area contributed by atoms with E-state index in [2.05, 4.69) is 5.32 Å². The summed E-state index contributed by atoms with van der Waals surface area (Å²) in [6, 6.07) is 8.72. The molecule has 0 radical (unpaired) electrons. The van der Waals surface area contributed by atoms with E-state index in [4.69, 9.17) is 51.1 Å². The van der Waals surface area contributed by atoms with E-state index in [1.165, 1.54) is 0 Å². The van der Waals surface area contributed by atoms with Crippen molar-refractivity contribution in [1.29, 1.82) is 0 Å². The summed E-state index contributed by atoms with van der Waals surface area (Å²) in [5.74, 6) is 0.617. The van der Waals surface area contributed by atoms with Crippen molar-refractivity contribution in [3.05, 3.63) is 56.0 Å². The third-order valence-electron chi connectivity index (χ3n) is 2.84. The molecule has 0 unspecified atom stereocenters. The zero-order chi connectivity index (χ0) is 16.3. The molecule has 2 aromatic carbocycles. The quantitative estimate of drug-likeness (QED) is 0.624. The highest BCUT2D eigenvalue weighted by Crippen LogP contribution is 2.34. The van der Waals surface area contributed by atoms with Crippen molar-refractivity contribution in [3.63, 3.8) is 0 Å². The summed E-state index contributed by atoms with van der Waals surface area (Å²) in [5, 5.41) is 5.45. The van der Waals surface area contributed by atoms with Crippen molar-refractivity contribution in [2.75, 3.05) is 5.32 Å². The number of anilines is 1. The summed E-state index contributed by atoms with van der Waals surface area (Å²) in [4.78, 5) is 0. The van der Waals surface area contributed by atoms with Crippen LogP contribution in [0.25, 0.3) is 0 Å². The standard InChI is InChI=1S/C16H15Cl4NO/c1-9(2)22-16-10(5-12(18)6-14(16)20)8-21-15-7-11(17)3-4-13(15)19/h3-7,9,21H,8H2,1-2H3. The molecule has 0 aliphatic heterocycles. The van der Waals surface area contributed by atoms with Gasteiger partial charge in [0, 0.05) is 22.2 Å². The molecule has 6 heteroatoms. The van der Waals surface area contributed by atoms with Gasteiger partial charge in [-0.1, -0.05) is 46.4 Å². The molecule has 0 aliphatic carbocycles. The average molecular weight is 379 g/mol. The van der Waals surface area contributed by atoms with Gasteiger partial charge in [0.15, 0.2) is 0 Å². The maximum absolute atomic E-state index is 6.23. The van der Waals surface area contributed by atoms with Crippen LogP contribution in [0.1, 0.15) is 19.4 Å². The van der Waals surface area contributed by atoms with Gasteiger partial charge >= 0.3 is 0 Å². The van der Waals surface area contributed by atoms with Crippen molar-refractivity contribution in [2.45, 2.75) is 26.5 Å². The van der Waals surface area contributed by atoms with Crippen molar-refractivity contribution >= 4 is 52.1 Å². The summed E-state index contributed by atoms with van der Waals surface area (Å²) in [5.41, 5.74) is 1.59. The molecule has 0 aromatic heterocycles. The molecule has 118 valence electrons. The number of benzene rings is 2. The molecular formula is C16H15Cl4NO. The van der Waals surface area contributed by atoms with Crippen LogP contribution >= 0.6 is 46.4 Å². The molecule has 0 amide bonds. The average Bonchev–Trinajstić information content (AvgIpc) is 2.43. The number of nitrogens with one attached hydrogen (secondary N) is 1. The fourth-order valence-electron chi connectivity index (χ4n) is 1.94. The van der Waals surface area contributed by atoms with Gasteiger partial charge in [-0.3, -0.25) is 0 Å². The van der Waals surface area contributed by atoms with Crippen LogP contribution in [0.4, 0.5) is 5.69 Å². The Balaban J connectivity index is 2.26. The van der Waals surface area contributed by atoms with Crippen LogP contribution in [0.5, 0.6) is 5.75 Å². The SMILES string of the molecule is CC(C)Oc1c(Cl)cc(Cl)cc1CNc1cc(Cl)ccc1Cl.